The van der Waals surface area contributed by atoms with E-state index in [9.17, 15) is 4.79 Å². The van der Waals surface area contributed by atoms with Gasteiger partial charge >= 0.3 is 0 Å². The van der Waals surface area contributed by atoms with Gasteiger partial charge in [0.1, 0.15) is 0 Å². The van der Waals surface area contributed by atoms with Gasteiger partial charge in [0.15, 0.2) is 0 Å². The SMILES string of the molecule is CCc1cnc(C#CCN2CCCC2=O)nc1. The number of amides is 1. The van der Waals surface area contributed by atoms with Crippen LogP contribution in [0.3, 0.4) is 0 Å². The van der Waals surface area contributed by atoms with Gasteiger partial charge in [0, 0.05) is 25.4 Å². The van der Waals surface area contributed by atoms with Crippen molar-refractivity contribution in [1.82, 2.24) is 14.9 Å². The van der Waals surface area contributed by atoms with Gasteiger partial charge in [0.2, 0.25) is 11.7 Å². The van der Waals surface area contributed by atoms with Gasteiger partial charge in [-0.15, -0.1) is 0 Å². The van der Waals surface area contributed by atoms with E-state index in [-0.39, 0.29) is 5.91 Å². The van der Waals surface area contributed by atoms with E-state index in [0.29, 0.717) is 18.8 Å². The van der Waals surface area contributed by atoms with Gasteiger partial charge in [0.25, 0.3) is 0 Å². The molecule has 17 heavy (non-hydrogen) atoms. The van der Waals surface area contributed by atoms with E-state index >= 15 is 0 Å². The zero-order valence-electron chi connectivity index (χ0n) is 9.94. The number of nitrogens with zero attached hydrogens (tertiary/aromatic N) is 3. The van der Waals surface area contributed by atoms with Crippen LogP contribution in [0.2, 0.25) is 0 Å². The zero-order chi connectivity index (χ0) is 12.1. The van der Waals surface area contributed by atoms with Crippen LogP contribution in [0.4, 0.5) is 0 Å². The highest BCUT2D eigenvalue weighted by Crippen LogP contribution is 2.07. The van der Waals surface area contributed by atoms with Gasteiger partial charge in [-0.05, 0) is 24.3 Å². The second kappa shape index (κ2) is 5.44. The minimum atomic E-state index is 0.196. The van der Waals surface area contributed by atoms with E-state index in [2.05, 4.69) is 28.7 Å². The third-order valence-electron chi connectivity index (χ3n) is 2.76. The van der Waals surface area contributed by atoms with E-state index < -0.39 is 0 Å². The number of aryl methyl sites for hydroxylation is 1. The number of carbonyl (C=O) groups excluding carboxylic acids is 1. The quantitative estimate of drug-likeness (QED) is 0.711. The van der Waals surface area contributed by atoms with Crippen LogP contribution in [0, 0.1) is 11.8 Å². The molecule has 1 fully saturated rings. The highest BCUT2D eigenvalue weighted by molar-refractivity contribution is 5.78. The molecule has 1 amide bonds. The Kier molecular flexibility index (Phi) is 3.71. The molecule has 0 saturated carbocycles. The second-order valence-electron chi connectivity index (χ2n) is 3.99. The fourth-order valence-electron chi connectivity index (χ4n) is 1.69. The van der Waals surface area contributed by atoms with Crippen LogP contribution in [-0.4, -0.2) is 33.9 Å². The molecule has 0 bridgehead atoms. The molecule has 0 spiro atoms. The van der Waals surface area contributed by atoms with Crippen molar-refractivity contribution in [3.63, 3.8) is 0 Å². The molecule has 1 aliphatic heterocycles. The molecule has 4 nitrogen and oxygen atoms in total. The number of hydrogen-bond donors (Lipinski definition) is 0. The first kappa shape index (κ1) is 11.6. The Balaban J connectivity index is 1.93. The Hall–Kier alpha value is -1.89. The average Bonchev–Trinajstić information content (AvgIpc) is 2.76. The first-order chi connectivity index (χ1) is 8.29. The Labute approximate surface area is 101 Å². The van der Waals surface area contributed by atoms with E-state index in [4.69, 9.17) is 0 Å². The predicted octanol–water partition coefficient (Wildman–Crippen LogP) is 1.01. The van der Waals surface area contributed by atoms with Crippen molar-refractivity contribution in [1.29, 1.82) is 0 Å². The molecular weight excluding hydrogens is 214 g/mol. The Bertz CT molecular complexity index is 456. The van der Waals surface area contributed by atoms with Crippen LogP contribution in [-0.2, 0) is 11.2 Å². The first-order valence-corrected chi connectivity index (χ1v) is 5.87. The molecule has 0 unspecified atom stereocenters. The lowest BCUT2D eigenvalue weighted by molar-refractivity contribution is -0.127. The molecule has 0 radical (unpaired) electrons. The monoisotopic (exact) mass is 229 g/mol. The fourth-order valence-corrected chi connectivity index (χ4v) is 1.69. The van der Waals surface area contributed by atoms with Crippen molar-refractivity contribution < 1.29 is 4.79 Å². The topological polar surface area (TPSA) is 46.1 Å². The molecule has 2 rings (SSSR count). The van der Waals surface area contributed by atoms with Crippen molar-refractivity contribution >= 4 is 5.91 Å². The summed E-state index contributed by atoms with van der Waals surface area (Å²) in [5.74, 6) is 6.54. The van der Waals surface area contributed by atoms with Crippen LogP contribution in [0.25, 0.3) is 0 Å². The van der Waals surface area contributed by atoms with Gasteiger partial charge < -0.3 is 4.90 Å². The summed E-state index contributed by atoms with van der Waals surface area (Å²) >= 11 is 0. The lowest BCUT2D eigenvalue weighted by Gasteiger charge is -2.09. The largest absolute Gasteiger partial charge is 0.332 e. The molecule has 1 saturated heterocycles. The average molecular weight is 229 g/mol. The minimum Gasteiger partial charge on any atom is -0.332 e. The number of likely N-dealkylation sites (tertiary alicyclic amines) is 1. The van der Waals surface area contributed by atoms with E-state index in [0.717, 1.165) is 24.9 Å². The molecular formula is C13H15N3O. The van der Waals surface area contributed by atoms with Gasteiger partial charge in [-0.1, -0.05) is 12.8 Å². The minimum absolute atomic E-state index is 0.196. The molecule has 0 aromatic carbocycles. The van der Waals surface area contributed by atoms with Gasteiger partial charge in [0.05, 0.1) is 6.54 Å². The molecule has 0 aliphatic carbocycles. The van der Waals surface area contributed by atoms with Crippen LogP contribution in [0.15, 0.2) is 12.4 Å². The van der Waals surface area contributed by atoms with Gasteiger partial charge in [-0.2, -0.15) is 0 Å². The molecule has 88 valence electrons. The normalized spacial score (nSPS) is 14.6. The van der Waals surface area contributed by atoms with E-state index in [1.165, 1.54) is 0 Å². The molecule has 0 N–H and O–H groups in total. The number of carbonyl (C=O) groups is 1. The number of aromatic nitrogens is 2. The maximum Gasteiger partial charge on any atom is 0.223 e. The standard InChI is InChI=1S/C13H15N3O/c1-2-11-9-14-12(15-10-11)5-3-7-16-8-4-6-13(16)17/h9-10H,2,4,6-8H2,1H3. The van der Waals surface area contributed by atoms with E-state index in [1.807, 2.05) is 0 Å². The molecule has 1 aromatic rings. The fraction of sp³-hybridized carbons (Fsp3) is 0.462. The molecule has 1 aliphatic rings. The maximum atomic E-state index is 11.3. The van der Waals surface area contributed by atoms with Crippen molar-refractivity contribution in [3.8, 4) is 11.8 Å². The summed E-state index contributed by atoms with van der Waals surface area (Å²) in [6.45, 7) is 3.36. The van der Waals surface area contributed by atoms with Gasteiger partial charge in [-0.25, -0.2) is 9.97 Å². The summed E-state index contributed by atoms with van der Waals surface area (Å²) < 4.78 is 0. The third kappa shape index (κ3) is 3.04. The molecule has 0 atom stereocenters. The van der Waals surface area contributed by atoms with Crippen LogP contribution < -0.4 is 0 Å². The first-order valence-electron chi connectivity index (χ1n) is 5.87. The van der Waals surface area contributed by atoms with Crippen LogP contribution >= 0.6 is 0 Å². The Morgan fingerprint density at radius 1 is 1.41 bits per heavy atom. The summed E-state index contributed by atoms with van der Waals surface area (Å²) in [5, 5.41) is 0. The van der Waals surface area contributed by atoms with Crippen molar-refractivity contribution in [3.05, 3.63) is 23.8 Å². The number of rotatable bonds is 2. The second-order valence-corrected chi connectivity index (χ2v) is 3.99. The highest BCUT2D eigenvalue weighted by Gasteiger charge is 2.18. The third-order valence-corrected chi connectivity index (χ3v) is 2.76. The highest BCUT2D eigenvalue weighted by atomic mass is 16.2. The van der Waals surface area contributed by atoms with Crippen molar-refractivity contribution in [2.75, 3.05) is 13.1 Å². The summed E-state index contributed by atoms with van der Waals surface area (Å²) in [6, 6.07) is 0. The lowest BCUT2D eigenvalue weighted by atomic mass is 10.3. The van der Waals surface area contributed by atoms with Gasteiger partial charge in [-0.3, -0.25) is 4.79 Å². The van der Waals surface area contributed by atoms with Crippen molar-refractivity contribution in [2.45, 2.75) is 26.2 Å². The maximum absolute atomic E-state index is 11.3. The van der Waals surface area contributed by atoms with E-state index in [1.54, 1.807) is 17.3 Å². The van der Waals surface area contributed by atoms with Crippen molar-refractivity contribution in [2.24, 2.45) is 0 Å². The summed E-state index contributed by atoms with van der Waals surface area (Å²) in [7, 11) is 0. The predicted molar refractivity (Wildman–Crippen MR) is 64.1 cm³/mol. The van der Waals surface area contributed by atoms with Crippen LogP contribution in [0.1, 0.15) is 31.2 Å². The molecule has 4 heteroatoms. The number of hydrogen-bond acceptors (Lipinski definition) is 3. The summed E-state index contributed by atoms with van der Waals surface area (Å²) in [6.07, 6.45) is 6.11. The summed E-state index contributed by atoms with van der Waals surface area (Å²) in [5.41, 5.74) is 1.10. The molecule has 2 heterocycles. The van der Waals surface area contributed by atoms with Crippen LogP contribution in [0.5, 0.6) is 0 Å². The Morgan fingerprint density at radius 3 is 2.76 bits per heavy atom. The smallest absolute Gasteiger partial charge is 0.223 e. The molecule has 1 aromatic heterocycles. The summed E-state index contributed by atoms with van der Waals surface area (Å²) in [4.78, 5) is 21.4. The lowest BCUT2D eigenvalue weighted by Crippen LogP contribution is -2.24. The Morgan fingerprint density at radius 2 is 2.18 bits per heavy atom. The zero-order valence-corrected chi connectivity index (χ0v) is 9.94.